The Kier molecular flexibility index (Phi) is 3.85. The summed E-state index contributed by atoms with van der Waals surface area (Å²) in [6, 6.07) is 13.3. The Labute approximate surface area is 105 Å². The van der Waals surface area contributed by atoms with Gasteiger partial charge in [0.25, 0.3) is 0 Å². The van der Waals surface area contributed by atoms with E-state index in [0.29, 0.717) is 5.56 Å². The van der Waals surface area contributed by atoms with Crippen LogP contribution in [-0.4, -0.2) is 25.3 Å². The lowest BCUT2D eigenvalue weighted by Gasteiger charge is -2.03. The zero-order chi connectivity index (χ0) is 13.0. The second-order valence-corrected chi connectivity index (χ2v) is 4.13. The molecule has 0 radical (unpaired) electrons. The van der Waals surface area contributed by atoms with Gasteiger partial charge < -0.3 is 4.74 Å². The Morgan fingerprint density at radius 2 is 1.78 bits per heavy atom. The average Bonchev–Trinajstić information content (AvgIpc) is 2.38. The largest absolute Gasteiger partial charge is 0.377 e. The van der Waals surface area contributed by atoms with E-state index >= 15 is 0 Å². The van der Waals surface area contributed by atoms with Crippen LogP contribution >= 0.6 is 0 Å². The normalized spacial score (nSPS) is 10.5. The number of rotatable bonds is 5. The molecular weight excluding hydrogens is 228 g/mol. The average molecular weight is 242 g/mol. The first-order valence-electron chi connectivity index (χ1n) is 5.73. The maximum Gasteiger partial charge on any atom is 0.170 e. The first kappa shape index (κ1) is 12.5. The minimum atomic E-state index is -0.198. The summed E-state index contributed by atoms with van der Waals surface area (Å²) in [7, 11) is 1.44. The van der Waals surface area contributed by atoms with E-state index in [1.807, 2.05) is 36.4 Å². The lowest BCUT2D eigenvalue weighted by atomic mass is 10.0. The Bertz CT molecular complexity index is 587. The van der Waals surface area contributed by atoms with Gasteiger partial charge in [0.05, 0.1) is 6.42 Å². The molecular formula is C15H14O3. The van der Waals surface area contributed by atoms with E-state index in [9.17, 15) is 9.59 Å². The highest BCUT2D eigenvalue weighted by molar-refractivity contribution is 6.09. The van der Waals surface area contributed by atoms with Gasteiger partial charge in [0.1, 0.15) is 6.61 Å². The Morgan fingerprint density at radius 3 is 2.50 bits per heavy atom. The molecule has 0 heterocycles. The minimum Gasteiger partial charge on any atom is -0.377 e. The summed E-state index contributed by atoms with van der Waals surface area (Å²) in [5.74, 6) is -0.363. The van der Waals surface area contributed by atoms with Gasteiger partial charge in [-0.25, -0.2) is 0 Å². The fraction of sp³-hybridized carbons (Fsp3) is 0.200. The molecule has 0 aliphatic rings. The number of ketones is 2. The van der Waals surface area contributed by atoms with Crippen molar-refractivity contribution in [2.24, 2.45) is 0 Å². The van der Waals surface area contributed by atoms with Crippen LogP contribution in [-0.2, 0) is 9.53 Å². The maximum atomic E-state index is 11.9. The molecule has 0 aromatic heterocycles. The van der Waals surface area contributed by atoms with Gasteiger partial charge in [0.2, 0.25) is 0 Å². The van der Waals surface area contributed by atoms with Gasteiger partial charge in [0, 0.05) is 12.7 Å². The predicted octanol–water partition coefficient (Wildman–Crippen LogP) is 2.63. The number of hydrogen-bond donors (Lipinski definition) is 0. The first-order valence-corrected chi connectivity index (χ1v) is 5.73. The van der Waals surface area contributed by atoms with Crippen LogP contribution in [0, 0.1) is 0 Å². The lowest BCUT2D eigenvalue weighted by molar-refractivity contribution is -0.121. The first-order chi connectivity index (χ1) is 8.70. The van der Waals surface area contributed by atoms with E-state index < -0.39 is 0 Å². The van der Waals surface area contributed by atoms with Crippen LogP contribution in [0.4, 0.5) is 0 Å². The maximum absolute atomic E-state index is 11.9. The topological polar surface area (TPSA) is 43.4 Å². The number of ether oxygens (including phenoxy) is 1. The monoisotopic (exact) mass is 242 g/mol. The number of carbonyl (C=O) groups is 2. The van der Waals surface area contributed by atoms with Gasteiger partial charge in [-0.15, -0.1) is 0 Å². The van der Waals surface area contributed by atoms with Crippen LogP contribution in [0.2, 0.25) is 0 Å². The molecule has 0 bridgehead atoms. The SMILES string of the molecule is COCC(=O)CC(=O)c1ccc2ccccc2c1. The van der Waals surface area contributed by atoms with Gasteiger partial charge in [-0.3, -0.25) is 9.59 Å². The van der Waals surface area contributed by atoms with Gasteiger partial charge in [-0.05, 0) is 16.8 Å². The van der Waals surface area contributed by atoms with E-state index in [2.05, 4.69) is 0 Å². The second kappa shape index (κ2) is 5.56. The lowest BCUT2D eigenvalue weighted by Crippen LogP contribution is -2.12. The zero-order valence-electron chi connectivity index (χ0n) is 10.2. The Balaban J connectivity index is 2.20. The van der Waals surface area contributed by atoms with Crippen molar-refractivity contribution < 1.29 is 14.3 Å². The van der Waals surface area contributed by atoms with Crippen molar-refractivity contribution in [1.82, 2.24) is 0 Å². The van der Waals surface area contributed by atoms with E-state index in [4.69, 9.17) is 4.74 Å². The summed E-state index contributed by atoms with van der Waals surface area (Å²) in [5.41, 5.74) is 0.568. The van der Waals surface area contributed by atoms with Crippen LogP contribution in [0.1, 0.15) is 16.8 Å². The molecule has 0 unspecified atom stereocenters. The summed E-state index contributed by atoms with van der Waals surface area (Å²) < 4.78 is 4.71. The van der Waals surface area contributed by atoms with Crippen molar-refractivity contribution in [2.75, 3.05) is 13.7 Å². The van der Waals surface area contributed by atoms with Crippen molar-refractivity contribution in [3.63, 3.8) is 0 Å². The number of fused-ring (bicyclic) bond motifs is 1. The minimum absolute atomic E-state index is 0.0146. The molecule has 0 atom stereocenters. The quantitative estimate of drug-likeness (QED) is 0.598. The highest BCUT2D eigenvalue weighted by atomic mass is 16.5. The summed E-state index contributed by atoms with van der Waals surface area (Å²) >= 11 is 0. The third-order valence-corrected chi connectivity index (χ3v) is 2.73. The molecule has 0 saturated heterocycles. The molecule has 0 N–H and O–H groups in total. The summed E-state index contributed by atoms with van der Waals surface area (Å²) in [5, 5.41) is 2.08. The number of methoxy groups -OCH3 is 1. The van der Waals surface area contributed by atoms with E-state index in [0.717, 1.165) is 10.8 Å². The van der Waals surface area contributed by atoms with Crippen LogP contribution in [0.3, 0.4) is 0 Å². The summed E-state index contributed by atoms with van der Waals surface area (Å²) in [6.45, 7) is -0.0146. The molecule has 2 rings (SSSR count). The summed E-state index contributed by atoms with van der Waals surface area (Å²) in [4.78, 5) is 23.2. The zero-order valence-corrected chi connectivity index (χ0v) is 10.2. The molecule has 0 aliphatic heterocycles. The van der Waals surface area contributed by atoms with Gasteiger partial charge in [0.15, 0.2) is 11.6 Å². The predicted molar refractivity (Wildman–Crippen MR) is 69.8 cm³/mol. The third-order valence-electron chi connectivity index (χ3n) is 2.73. The highest BCUT2D eigenvalue weighted by Crippen LogP contribution is 2.16. The highest BCUT2D eigenvalue weighted by Gasteiger charge is 2.11. The van der Waals surface area contributed by atoms with Crippen molar-refractivity contribution in [3.8, 4) is 0 Å². The summed E-state index contributed by atoms with van der Waals surface area (Å²) in [6.07, 6.45) is -0.105. The van der Waals surface area contributed by atoms with Crippen molar-refractivity contribution in [1.29, 1.82) is 0 Å². The molecule has 0 amide bonds. The Morgan fingerprint density at radius 1 is 1.06 bits per heavy atom. The molecule has 0 fully saturated rings. The second-order valence-electron chi connectivity index (χ2n) is 4.13. The van der Waals surface area contributed by atoms with Gasteiger partial charge >= 0.3 is 0 Å². The molecule has 2 aromatic rings. The van der Waals surface area contributed by atoms with Crippen LogP contribution in [0.25, 0.3) is 10.8 Å². The van der Waals surface area contributed by atoms with E-state index in [-0.39, 0.29) is 24.6 Å². The molecule has 92 valence electrons. The smallest absolute Gasteiger partial charge is 0.170 e. The Hall–Kier alpha value is -2.00. The molecule has 0 saturated carbocycles. The molecule has 2 aromatic carbocycles. The van der Waals surface area contributed by atoms with Crippen molar-refractivity contribution >= 4 is 22.3 Å². The molecule has 3 heteroatoms. The van der Waals surface area contributed by atoms with E-state index in [1.165, 1.54) is 7.11 Å². The fourth-order valence-electron chi connectivity index (χ4n) is 1.86. The number of Topliss-reactive ketones (excluding diaryl/α,β-unsaturated/α-hetero) is 2. The molecule has 0 aliphatic carbocycles. The number of hydrogen-bond acceptors (Lipinski definition) is 3. The van der Waals surface area contributed by atoms with Crippen LogP contribution in [0.15, 0.2) is 42.5 Å². The van der Waals surface area contributed by atoms with Crippen molar-refractivity contribution in [2.45, 2.75) is 6.42 Å². The fourth-order valence-corrected chi connectivity index (χ4v) is 1.86. The molecule has 0 spiro atoms. The molecule has 18 heavy (non-hydrogen) atoms. The number of carbonyl (C=O) groups excluding carboxylic acids is 2. The van der Waals surface area contributed by atoms with Crippen LogP contribution < -0.4 is 0 Å². The molecule has 3 nitrogen and oxygen atoms in total. The van der Waals surface area contributed by atoms with Gasteiger partial charge in [-0.2, -0.15) is 0 Å². The van der Waals surface area contributed by atoms with E-state index in [1.54, 1.807) is 6.07 Å². The third kappa shape index (κ3) is 2.81. The van der Waals surface area contributed by atoms with Crippen LogP contribution in [0.5, 0.6) is 0 Å². The number of benzene rings is 2. The standard InChI is InChI=1S/C15H14O3/c1-18-10-14(16)9-15(17)13-7-6-11-4-2-3-5-12(11)8-13/h2-8H,9-10H2,1H3. The van der Waals surface area contributed by atoms with Gasteiger partial charge in [-0.1, -0.05) is 36.4 Å². The van der Waals surface area contributed by atoms with Crippen molar-refractivity contribution in [3.05, 3.63) is 48.0 Å².